The number of carbonyl (C=O) groups excluding carboxylic acids is 1. The quantitative estimate of drug-likeness (QED) is 0.544. The van der Waals surface area contributed by atoms with Crippen LogP contribution in [0.4, 0.5) is 5.82 Å². The zero-order chi connectivity index (χ0) is 18.6. The van der Waals surface area contributed by atoms with Gasteiger partial charge in [0.2, 0.25) is 5.91 Å². The lowest BCUT2D eigenvalue weighted by Crippen LogP contribution is -2.15. The second-order valence-electron chi connectivity index (χ2n) is 6.17. The van der Waals surface area contributed by atoms with E-state index in [4.69, 9.17) is 4.74 Å². The number of thiophene rings is 1. The van der Waals surface area contributed by atoms with E-state index >= 15 is 0 Å². The van der Waals surface area contributed by atoms with Crippen LogP contribution in [0.1, 0.15) is 11.1 Å². The molecular weight excluding hydrogens is 358 g/mol. The van der Waals surface area contributed by atoms with Gasteiger partial charge in [-0.1, -0.05) is 48.5 Å². The van der Waals surface area contributed by atoms with Crippen molar-refractivity contribution in [3.63, 3.8) is 0 Å². The molecule has 0 saturated heterocycles. The molecule has 6 heteroatoms. The van der Waals surface area contributed by atoms with E-state index < -0.39 is 0 Å². The largest absolute Gasteiger partial charge is 0.496 e. The van der Waals surface area contributed by atoms with Crippen molar-refractivity contribution in [1.29, 1.82) is 0 Å². The summed E-state index contributed by atoms with van der Waals surface area (Å²) in [5.41, 5.74) is 2.02. The van der Waals surface area contributed by atoms with Gasteiger partial charge in [-0.2, -0.15) is 5.10 Å². The highest BCUT2D eigenvalue weighted by molar-refractivity contribution is 7.16. The molecule has 2 heterocycles. The lowest BCUT2D eigenvalue weighted by molar-refractivity contribution is -0.115. The molecule has 0 aliphatic heterocycles. The minimum Gasteiger partial charge on any atom is -0.496 e. The highest BCUT2D eigenvalue weighted by Gasteiger charge is 2.15. The third-order valence-corrected chi connectivity index (χ3v) is 5.26. The number of rotatable bonds is 6. The number of aromatic nitrogens is 2. The summed E-state index contributed by atoms with van der Waals surface area (Å²) >= 11 is 1.62. The molecule has 0 saturated carbocycles. The second kappa shape index (κ2) is 7.63. The van der Waals surface area contributed by atoms with Crippen LogP contribution >= 0.6 is 11.3 Å². The third-order valence-electron chi connectivity index (χ3n) is 4.33. The molecule has 4 aromatic rings. The Morgan fingerprint density at radius 3 is 2.70 bits per heavy atom. The smallest absolute Gasteiger partial charge is 0.230 e. The van der Waals surface area contributed by atoms with Crippen molar-refractivity contribution in [2.45, 2.75) is 13.0 Å². The molecule has 136 valence electrons. The maximum Gasteiger partial charge on any atom is 0.230 e. The fourth-order valence-corrected chi connectivity index (χ4v) is 3.91. The van der Waals surface area contributed by atoms with Gasteiger partial charge in [0.25, 0.3) is 0 Å². The van der Waals surface area contributed by atoms with Crippen LogP contribution in [0.3, 0.4) is 0 Å². The number of nitrogens with one attached hydrogen (secondary N) is 1. The van der Waals surface area contributed by atoms with Crippen LogP contribution in [-0.4, -0.2) is 22.8 Å². The van der Waals surface area contributed by atoms with Crippen LogP contribution in [0, 0.1) is 0 Å². The van der Waals surface area contributed by atoms with E-state index in [2.05, 4.69) is 22.5 Å². The Kier molecular flexibility index (Phi) is 4.89. The predicted octanol–water partition coefficient (Wildman–Crippen LogP) is 4.34. The van der Waals surface area contributed by atoms with Crippen molar-refractivity contribution in [1.82, 2.24) is 9.78 Å². The number of nitrogens with zero attached hydrogens (tertiary/aromatic N) is 2. The van der Waals surface area contributed by atoms with E-state index in [0.717, 1.165) is 15.8 Å². The van der Waals surface area contributed by atoms with E-state index in [1.54, 1.807) is 18.4 Å². The summed E-state index contributed by atoms with van der Waals surface area (Å²) in [7, 11) is 1.61. The Morgan fingerprint density at radius 2 is 1.89 bits per heavy atom. The predicted molar refractivity (Wildman–Crippen MR) is 108 cm³/mol. The number of hydrogen-bond donors (Lipinski definition) is 1. The standard InChI is InChI=1S/C21H19N3O2S/c1-26-18-10-6-5-9-16(18)13-19(25)22-20-17-11-12-27-21(17)24(23-20)14-15-7-3-2-4-8-15/h2-12H,13-14H2,1H3,(H,22,23,25). The van der Waals surface area contributed by atoms with Gasteiger partial charge in [-0.15, -0.1) is 11.3 Å². The number of benzene rings is 2. The van der Waals surface area contributed by atoms with E-state index in [1.165, 1.54) is 5.56 Å². The maximum atomic E-state index is 12.6. The summed E-state index contributed by atoms with van der Waals surface area (Å²) in [4.78, 5) is 13.6. The number of hydrogen-bond acceptors (Lipinski definition) is 4. The van der Waals surface area contributed by atoms with Crippen LogP contribution in [0.5, 0.6) is 5.75 Å². The molecule has 5 nitrogen and oxygen atoms in total. The first kappa shape index (κ1) is 17.3. The first-order valence-electron chi connectivity index (χ1n) is 8.64. The highest BCUT2D eigenvalue weighted by Crippen LogP contribution is 2.29. The van der Waals surface area contributed by atoms with Crippen LogP contribution in [0.15, 0.2) is 66.0 Å². The molecule has 0 aliphatic rings. The Bertz CT molecular complexity index is 1070. The Morgan fingerprint density at radius 1 is 1.11 bits per heavy atom. The van der Waals surface area contributed by atoms with Gasteiger partial charge in [0.1, 0.15) is 10.6 Å². The molecular formula is C21H19N3O2S. The molecule has 1 amide bonds. The van der Waals surface area contributed by atoms with Crippen molar-refractivity contribution in [2.75, 3.05) is 12.4 Å². The van der Waals surface area contributed by atoms with E-state index in [1.807, 2.05) is 58.6 Å². The lowest BCUT2D eigenvalue weighted by atomic mass is 10.1. The van der Waals surface area contributed by atoms with E-state index in [9.17, 15) is 4.79 Å². The van der Waals surface area contributed by atoms with Gasteiger partial charge in [0.05, 0.1) is 25.5 Å². The average molecular weight is 377 g/mol. The summed E-state index contributed by atoms with van der Waals surface area (Å²) in [6.07, 6.45) is 0.237. The number of carbonyl (C=O) groups is 1. The Labute approximate surface area is 161 Å². The van der Waals surface area contributed by atoms with Crippen LogP contribution in [-0.2, 0) is 17.8 Å². The second-order valence-corrected chi connectivity index (χ2v) is 7.06. The normalized spacial score (nSPS) is 10.9. The zero-order valence-electron chi connectivity index (χ0n) is 14.9. The van der Waals surface area contributed by atoms with Crippen molar-refractivity contribution in [2.24, 2.45) is 0 Å². The van der Waals surface area contributed by atoms with Gasteiger partial charge in [0, 0.05) is 5.56 Å². The lowest BCUT2D eigenvalue weighted by Gasteiger charge is -2.08. The molecule has 2 aromatic heterocycles. The third kappa shape index (κ3) is 3.71. The number of anilines is 1. The molecule has 1 N–H and O–H groups in total. The van der Waals surface area contributed by atoms with Crippen LogP contribution < -0.4 is 10.1 Å². The first-order valence-corrected chi connectivity index (χ1v) is 9.52. The van der Waals surface area contributed by atoms with Crippen molar-refractivity contribution in [3.05, 3.63) is 77.2 Å². The van der Waals surface area contributed by atoms with Gasteiger partial charge in [0.15, 0.2) is 5.82 Å². The highest BCUT2D eigenvalue weighted by atomic mass is 32.1. The van der Waals surface area contributed by atoms with Gasteiger partial charge >= 0.3 is 0 Å². The maximum absolute atomic E-state index is 12.6. The number of para-hydroxylation sites is 1. The number of methoxy groups -OCH3 is 1. The van der Waals surface area contributed by atoms with Gasteiger partial charge in [-0.25, -0.2) is 4.68 Å². The minimum absolute atomic E-state index is 0.114. The summed E-state index contributed by atoms with van der Waals surface area (Å²) in [6, 6.07) is 19.7. The van der Waals surface area contributed by atoms with Crippen LogP contribution in [0.2, 0.25) is 0 Å². The van der Waals surface area contributed by atoms with E-state index in [-0.39, 0.29) is 12.3 Å². The fraction of sp³-hybridized carbons (Fsp3) is 0.143. The molecule has 0 atom stereocenters. The number of fused-ring (bicyclic) bond motifs is 1. The van der Waals surface area contributed by atoms with Crippen LogP contribution in [0.25, 0.3) is 10.2 Å². The molecule has 0 fully saturated rings. The SMILES string of the molecule is COc1ccccc1CC(=O)Nc1nn(Cc2ccccc2)c2sccc12. The molecule has 0 unspecified atom stereocenters. The molecule has 0 radical (unpaired) electrons. The summed E-state index contributed by atoms with van der Waals surface area (Å²) < 4.78 is 7.27. The molecule has 0 spiro atoms. The molecule has 27 heavy (non-hydrogen) atoms. The molecule has 0 bridgehead atoms. The summed E-state index contributed by atoms with van der Waals surface area (Å²) in [6.45, 7) is 0.667. The fourth-order valence-electron chi connectivity index (χ4n) is 3.06. The van der Waals surface area contributed by atoms with Gasteiger partial charge in [-0.3, -0.25) is 4.79 Å². The Hall–Kier alpha value is -3.12. The molecule has 4 rings (SSSR count). The van der Waals surface area contributed by atoms with E-state index in [0.29, 0.717) is 18.1 Å². The summed E-state index contributed by atoms with van der Waals surface area (Å²) in [5.74, 6) is 1.20. The Balaban J connectivity index is 1.55. The van der Waals surface area contributed by atoms with Crippen molar-refractivity contribution >= 4 is 33.3 Å². The zero-order valence-corrected chi connectivity index (χ0v) is 15.7. The van der Waals surface area contributed by atoms with Crippen molar-refractivity contribution in [3.8, 4) is 5.75 Å². The number of amides is 1. The first-order chi connectivity index (χ1) is 13.2. The monoisotopic (exact) mass is 377 g/mol. The van der Waals surface area contributed by atoms with Gasteiger partial charge in [-0.05, 0) is 23.1 Å². The minimum atomic E-state index is -0.114. The average Bonchev–Trinajstić information content (AvgIpc) is 3.28. The van der Waals surface area contributed by atoms with Crippen molar-refractivity contribution < 1.29 is 9.53 Å². The topological polar surface area (TPSA) is 56.1 Å². The molecule has 0 aliphatic carbocycles. The molecule has 2 aromatic carbocycles. The number of ether oxygens (including phenoxy) is 1. The summed E-state index contributed by atoms with van der Waals surface area (Å²) in [5, 5.41) is 10.6. The van der Waals surface area contributed by atoms with Gasteiger partial charge < -0.3 is 10.1 Å².